The highest BCUT2D eigenvalue weighted by molar-refractivity contribution is 5.99. The summed E-state index contributed by atoms with van der Waals surface area (Å²) in [6, 6.07) is 17.1. The van der Waals surface area contributed by atoms with Crippen LogP contribution >= 0.6 is 0 Å². The third-order valence-electron chi connectivity index (χ3n) is 5.39. The summed E-state index contributed by atoms with van der Waals surface area (Å²) in [7, 11) is 2.07. The van der Waals surface area contributed by atoms with Crippen molar-refractivity contribution in [1.82, 2.24) is 25.3 Å². The van der Waals surface area contributed by atoms with E-state index in [-0.39, 0.29) is 11.8 Å². The monoisotopic (exact) mass is 403 g/mol. The molecule has 2 heterocycles. The SMILES string of the molecule is CN1CCN(C(=O)c2ccc(CNC(=O)c3cn[nH]c3-c3ccccc3)cc2)CC1. The van der Waals surface area contributed by atoms with E-state index in [9.17, 15) is 9.59 Å². The predicted molar refractivity (Wildman–Crippen MR) is 115 cm³/mol. The van der Waals surface area contributed by atoms with Crippen molar-refractivity contribution in [3.05, 3.63) is 77.5 Å². The Kier molecular flexibility index (Phi) is 5.90. The van der Waals surface area contributed by atoms with Crippen LogP contribution in [0.4, 0.5) is 0 Å². The zero-order valence-corrected chi connectivity index (χ0v) is 17.0. The average molecular weight is 403 g/mol. The van der Waals surface area contributed by atoms with Gasteiger partial charge < -0.3 is 15.1 Å². The largest absolute Gasteiger partial charge is 0.348 e. The molecule has 0 spiro atoms. The van der Waals surface area contributed by atoms with Crippen molar-refractivity contribution in [2.45, 2.75) is 6.54 Å². The summed E-state index contributed by atoms with van der Waals surface area (Å²) in [5, 5.41) is 9.85. The molecule has 1 fully saturated rings. The molecule has 2 N–H and O–H groups in total. The lowest BCUT2D eigenvalue weighted by Gasteiger charge is -2.32. The van der Waals surface area contributed by atoms with E-state index in [1.807, 2.05) is 59.5 Å². The fraction of sp³-hybridized carbons (Fsp3) is 0.261. The second-order valence-electron chi connectivity index (χ2n) is 7.50. The van der Waals surface area contributed by atoms with Crippen molar-refractivity contribution >= 4 is 11.8 Å². The van der Waals surface area contributed by atoms with Gasteiger partial charge in [0.05, 0.1) is 17.5 Å². The molecular weight excluding hydrogens is 378 g/mol. The second-order valence-corrected chi connectivity index (χ2v) is 7.50. The van der Waals surface area contributed by atoms with Crippen molar-refractivity contribution < 1.29 is 9.59 Å². The van der Waals surface area contributed by atoms with Crippen LogP contribution in [0.5, 0.6) is 0 Å². The Labute approximate surface area is 175 Å². The van der Waals surface area contributed by atoms with E-state index in [1.54, 1.807) is 0 Å². The first-order chi connectivity index (χ1) is 14.6. The number of rotatable bonds is 5. The Morgan fingerprint density at radius 1 is 1.00 bits per heavy atom. The van der Waals surface area contributed by atoms with Gasteiger partial charge in [0.1, 0.15) is 0 Å². The minimum absolute atomic E-state index is 0.0598. The van der Waals surface area contributed by atoms with Gasteiger partial charge in [0.2, 0.25) is 0 Å². The lowest BCUT2D eigenvalue weighted by molar-refractivity contribution is 0.0664. The number of H-pyrrole nitrogens is 1. The Morgan fingerprint density at radius 3 is 2.40 bits per heavy atom. The number of aromatic nitrogens is 2. The number of carbonyl (C=O) groups is 2. The third kappa shape index (κ3) is 4.41. The van der Waals surface area contributed by atoms with Crippen molar-refractivity contribution in [1.29, 1.82) is 0 Å². The van der Waals surface area contributed by atoms with Gasteiger partial charge in [-0.15, -0.1) is 0 Å². The number of amides is 2. The lowest BCUT2D eigenvalue weighted by Crippen LogP contribution is -2.47. The molecule has 7 heteroatoms. The molecule has 1 saturated heterocycles. The van der Waals surface area contributed by atoms with Crippen LogP contribution in [0.1, 0.15) is 26.3 Å². The Balaban J connectivity index is 1.36. The highest BCUT2D eigenvalue weighted by Gasteiger charge is 2.20. The number of aromatic amines is 1. The topological polar surface area (TPSA) is 81.3 Å². The zero-order chi connectivity index (χ0) is 20.9. The number of likely N-dealkylation sites (N-methyl/N-ethyl adjacent to an activating group) is 1. The first kappa shape index (κ1) is 19.8. The third-order valence-corrected chi connectivity index (χ3v) is 5.39. The van der Waals surface area contributed by atoms with Crippen LogP contribution in [0.15, 0.2) is 60.8 Å². The lowest BCUT2D eigenvalue weighted by atomic mass is 10.1. The molecule has 0 unspecified atom stereocenters. The van der Waals surface area contributed by atoms with Crippen LogP contribution in [0, 0.1) is 0 Å². The number of hydrogen-bond acceptors (Lipinski definition) is 4. The van der Waals surface area contributed by atoms with E-state index in [0.29, 0.717) is 23.4 Å². The number of piperazine rings is 1. The standard InChI is InChI=1S/C23H25N5O2/c1-27-11-13-28(14-12-27)23(30)19-9-7-17(8-10-19)15-24-22(29)20-16-25-26-21(20)18-5-3-2-4-6-18/h2-10,16H,11-15H2,1H3,(H,24,29)(H,25,26). The van der Waals surface area contributed by atoms with Gasteiger partial charge in [-0.25, -0.2) is 0 Å². The molecule has 0 saturated carbocycles. The molecule has 1 aromatic heterocycles. The van der Waals surface area contributed by atoms with Crippen LogP contribution in [0.3, 0.4) is 0 Å². The van der Waals surface area contributed by atoms with Crippen LogP contribution in [-0.4, -0.2) is 65.0 Å². The van der Waals surface area contributed by atoms with E-state index in [4.69, 9.17) is 0 Å². The fourth-order valence-electron chi connectivity index (χ4n) is 3.52. The summed E-state index contributed by atoms with van der Waals surface area (Å²) in [5.74, 6) is -0.134. The minimum atomic E-state index is -0.194. The summed E-state index contributed by atoms with van der Waals surface area (Å²) in [6.07, 6.45) is 1.54. The first-order valence-corrected chi connectivity index (χ1v) is 10.1. The van der Waals surface area contributed by atoms with Gasteiger partial charge in [0.15, 0.2) is 0 Å². The Hall–Kier alpha value is -3.45. The molecule has 4 rings (SSSR count). The maximum absolute atomic E-state index is 12.6. The summed E-state index contributed by atoms with van der Waals surface area (Å²) in [4.78, 5) is 29.4. The van der Waals surface area contributed by atoms with Gasteiger partial charge in [-0.2, -0.15) is 5.10 Å². The summed E-state index contributed by atoms with van der Waals surface area (Å²) < 4.78 is 0. The van der Waals surface area contributed by atoms with Gasteiger partial charge >= 0.3 is 0 Å². The van der Waals surface area contributed by atoms with E-state index in [1.165, 1.54) is 6.20 Å². The highest BCUT2D eigenvalue weighted by atomic mass is 16.2. The molecule has 1 aliphatic rings. The summed E-state index contributed by atoms with van der Waals surface area (Å²) in [6.45, 7) is 3.67. The second kappa shape index (κ2) is 8.92. The zero-order valence-electron chi connectivity index (χ0n) is 17.0. The molecular formula is C23H25N5O2. The first-order valence-electron chi connectivity index (χ1n) is 10.1. The normalized spacial score (nSPS) is 14.5. The maximum Gasteiger partial charge on any atom is 0.255 e. The number of hydrogen-bond donors (Lipinski definition) is 2. The predicted octanol–water partition coefficient (Wildman–Crippen LogP) is 2.39. The molecule has 0 radical (unpaired) electrons. The van der Waals surface area contributed by atoms with Crippen molar-refractivity contribution in [2.24, 2.45) is 0 Å². The Bertz CT molecular complexity index is 1010. The van der Waals surface area contributed by atoms with Crippen LogP contribution in [-0.2, 0) is 6.54 Å². The van der Waals surface area contributed by atoms with Gasteiger partial charge in [0, 0.05) is 43.9 Å². The van der Waals surface area contributed by atoms with Crippen molar-refractivity contribution in [3.63, 3.8) is 0 Å². The molecule has 2 aromatic carbocycles. The average Bonchev–Trinajstić information content (AvgIpc) is 3.29. The van der Waals surface area contributed by atoms with Gasteiger partial charge in [-0.1, -0.05) is 42.5 Å². The molecule has 30 heavy (non-hydrogen) atoms. The maximum atomic E-state index is 12.6. The quantitative estimate of drug-likeness (QED) is 0.685. The van der Waals surface area contributed by atoms with Crippen LogP contribution in [0.2, 0.25) is 0 Å². The summed E-state index contributed by atoms with van der Waals surface area (Å²) in [5.41, 5.74) is 3.72. The van der Waals surface area contributed by atoms with E-state index in [0.717, 1.165) is 37.3 Å². The molecule has 0 aliphatic carbocycles. The smallest absolute Gasteiger partial charge is 0.255 e. The Morgan fingerprint density at radius 2 is 1.70 bits per heavy atom. The van der Waals surface area contributed by atoms with E-state index >= 15 is 0 Å². The molecule has 2 amide bonds. The van der Waals surface area contributed by atoms with E-state index < -0.39 is 0 Å². The molecule has 154 valence electrons. The number of nitrogens with one attached hydrogen (secondary N) is 2. The van der Waals surface area contributed by atoms with E-state index in [2.05, 4.69) is 27.5 Å². The molecule has 7 nitrogen and oxygen atoms in total. The van der Waals surface area contributed by atoms with Gasteiger partial charge in [-0.05, 0) is 24.7 Å². The summed E-state index contributed by atoms with van der Waals surface area (Å²) >= 11 is 0. The van der Waals surface area contributed by atoms with Gasteiger partial charge in [0.25, 0.3) is 11.8 Å². The molecule has 3 aromatic rings. The van der Waals surface area contributed by atoms with Crippen LogP contribution < -0.4 is 5.32 Å². The van der Waals surface area contributed by atoms with Crippen molar-refractivity contribution in [2.75, 3.05) is 33.2 Å². The molecule has 0 atom stereocenters. The number of benzene rings is 2. The van der Waals surface area contributed by atoms with Gasteiger partial charge in [-0.3, -0.25) is 14.7 Å². The fourth-order valence-corrected chi connectivity index (χ4v) is 3.52. The number of carbonyl (C=O) groups excluding carboxylic acids is 2. The highest BCUT2D eigenvalue weighted by Crippen LogP contribution is 2.20. The minimum Gasteiger partial charge on any atom is -0.348 e. The molecule has 0 bridgehead atoms. The van der Waals surface area contributed by atoms with Crippen molar-refractivity contribution in [3.8, 4) is 11.3 Å². The van der Waals surface area contributed by atoms with Crippen LogP contribution in [0.25, 0.3) is 11.3 Å². The molecule has 1 aliphatic heterocycles. The number of nitrogens with zero attached hydrogens (tertiary/aromatic N) is 3.